The highest BCUT2D eigenvalue weighted by molar-refractivity contribution is 5.82. The van der Waals surface area contributed by atoms with E-state index in [0.717, 1.165) is 34.6 Å². The number of methoxy groups -OCH3 is 1. The number of aromatic nitrogens is 2. The van der Waals surface area contributed by atoms with Gasteiger partial charge in [-0.25, -0.2) is 9.97 Å². The standard InChI is InChI=1S/C14H19N3O/c1-9(15-3)7-14-12-8-11(18-4)5-6-13(12)16-10(2)17-14/h5-6,8-9,15H,7H2,1-4H3. The third-order valence-electron chi connectivity index (χ3n) is 3.09. The summed E-state index contributed by atoms with van der Waals surface area (Å²) in [6.07, 6.45) is 0.878. The molecule has 1 aromatic heterocycles. The average molecular weight is 245 g/mol. The third-order valence-corrected chi connectivity index (χ3v) is 3.09. The van der Waals surface area contributed by atoms with Crippen LogP contribution in [0.25, 0.3) is 10.9 Å². The van der Waals surface area contributed by atoms with Crippen molar-refractivity contribution in [2.24, 2.45) is 0 Å². The summed E-state index contributed by atoms with van der Waals surface area (Å²) in [7, 11) is 3.63. The Morgan fingerprint density at radius 2 is 2.11 bits per heavy atom. The van der Waals surface area contributed by atoms with Gasteiger partial charge in [-0.15, -0.1) is 0 Å². The van der Waals surface area contributed by atoms with Gasteiger partial charge in [-0.1, -0.05) is 0 Å². The SMILES string of the molecule is CNC(C)Cc1nc(C)nc2ccc(OC)cc12. The smallest absolute Gasteiger partial charge is 0.126 e. The summed E-state index contributed by atoms with van der Waals surface area (Å²) >= 11 is 0. The van der Waals surface area contributed by atoms with Crippen LogP contribution in [0.3, 0.4) is 0 Å². The average Bonchev–Trinajstić information content (AvgIpc) is 2.38. The number of likely N-dealkylation sites (N-methyl/N-ethyl adjacent to an activating group) is 1. The Bertz CT molecular complexity index is 554. The van der Waals surface area contributed by atoms with Crippen molar-refractivity contribution in [3.8, 4) is 5.75 Å². The lowest BCUT2D eigenvalue weighted by molar-refractivity contribution is 0.415. The Morgan fingerprint density at radius 3 is 2.78 bits per heavy atom. The Balaban J connectivity index is 2.54. The molecule has 1 atom stereocenters. The second-order valence-electron chi connectivity index (χ2n) is 4.49. The molecule has 1 unspecified atom stereocenters. The van der Waals surface area contributed by atoms with Crippen molar-refractivity contribution in [3.05, 3.63) is 29.7 Å². The summed E-state index contributed by atoms with van der Waals surface area (Å²) in [4.78, 5) is 9.02. The van der Waals surface area contributed by atoms with Gasteiger partial charge in [-0.3, -0.25) is 0 Å². The summed E-state index contributed by atoms with van der Waals surface area (Å²) in [5.74, 6) is 1.65. The molecule has 0 saturated heterocycles. The first kappa shape index (κ1) is 12.8. The molecule has 1 N–H and O–H groups in total. The zero-order valence-electron chi connectivity index (χ0n) is 11.3. The molecular formula is C14H19N3O. The van der Waals surface area contributed by atoms with Crippen LogP contribution in [0.4, 0.5) is 0 Å². The molecule has 2 rings (SSSR count). The van der Waals surface area contributed by atoms with E-state index in [0.29, 0.717) is 6.04 Å². The van der Waals surface area contributed by atoms with E-state index in [-0.39, 0.29) is 0 Å². The number of aryl methyl sites for hydroxylation is 1. The predicted molar refractivity (Wildman–Crippen MR) is 73.1 cm³/mol. The van der Waals surface area contributed by atoms with Crippen LogP contribution in [-0.4, -0.2) is 30.2 Å². The van der Waals surface area contributed by atoms with Crippen molar-refractivity contribution in [2.45, 2.75) is 26.3 Å². The molecule has 1 heterocycles. The minimum absolute atomic E-state index is 0.383. The van der Waals surface area contributed by atoms with Crippen LogP contribution in [0.5, 0.6) is 5.75 Å². The van der Waals surface area contributed by atoms with Crippen molar-refractivity contribution in [1.29, 1.82) is 0 Å². The lowest BCUT2D eigenvalue weighted by Crippen LogP contribution is -2.24. The molecule has 2 aromatic rings. The molecular weight excluding hydrogens is 226 g/mol. The predicted octanol–water partition coefficient (Wildman–Crippen LogP) is 2.10. The number of nitrogens with zero attached hydrogens (tertiary/aromatic N) is 2. The van der Waals surface area contributed by atoms with E-state index in [1.807, 2.05) is 32.2 Å². The molecule has 0 saturated carbocycles. The van der Waals surface area contributed by atoms with Crippen LogP contribution in [0, 0.1) is 6.92 Å². The minimum Gasteiger partial charge on any atom is -0.497 e. The number of fused-ring (bicyclic) bond motifs is 1. The number of rotatable bonds is 4. The van der Waals surface area contributed by atoms with Gasteiger partial charge in [0.2, 0.25) is 0 Å². The fourth-order valence-corrected chi connectivity index (χ4v) is 1.97. The second-order valence-corrected chi connectivity index (χ2v) is 4.49. The second kappa shape index (κ2) is 5.31. The van der Waals surface area contributed by atoms with Gasteiger partial charge in [-0.2, -0.15) is 0 Å². The number of benzene rings is 1. The van der Waals surface area contributed by atoms with Crippen LogP contribution in [0.2, 0.25) is 0 Å². The molecule has 96 valence electrons. The number of hydrogen-bond acceptors (Lipinski definition) is 4. The first-order valence-electron chi connectivity index (χ1n) is 6.12. The molecule has 0 radical (unpaired) electrons. The van der Waals surface area contributed by atoms with Gasteiger partial charge in [0, 0.05) is 17.8 Å². The molecule has 4 nitrogen and oxygen atoms in total. The van der Waals surface area contributed by atoms with E-state index in [4.69, 9.17) is 4.74 Å². The minimum atomic E-state index is 0.383. The van der Waals surface area contributed by atoms with Crippen LogP contribution in [0.15, 0.2) is 18.2 Å². The quantitative estimate of drug-likeness (QED) is 0.896. The Morgan fingerprint density at radius 1 is 1.33 bits per heavy atom. The molecule has 0 fully saturated rings. The highest BCUT2D eigenvalue weighted by Gasteiger charge is 2.10. The molecule has 0 aliphatic carbocycles. The van der Waals surface area contributed by atoms with Crippen molar-refractivity contribution in [1.82, 2.24) is 15.3 Å². The Hall–Kier alpha value is -1.68. The van der Waals surface area contributed by atoms with E-state index in [1.54, 1.807) is 7.11 Å². The van der Waals surface area contributed by atoms with Crippen molar-refractivity contribution < 1.29 is 4.74 Å². The van der Waals surface area contributed by atoms with E-state index in [9.17, 15) is 0 Å². The highest BCUT2D eigenvalue weighted by Crippen LogP contribution is 2.22. The zero-order chi connectivity index (χ0) is 13.1. The Kier molecular flexibility index (Phi) is 3.77. The van der Waals surface area contributed by atoms with Gasteiger partial charge in [0.05, 0.1) is 18.3 Å². The summed E-state index contributed by atoms with van der Waals surface area (Å²) < 4.78 is 5.27. The molecule has 0 amide bonds. The van der Waals surface area contributed by atoms with Gasteiger partial charge in [0.1, 0.15) is 11.6 Å². The molecule has 0 aliphatic rings. The first-order valence-corrected chi connectivity index (χ1v) is 6.12. The zero-order valence-corrected chi connectivity index (χ0v) is 11.3. The molecule has 18 heavy (non-hydrogen) atoms. The highest BCUT2D eigenvalue weighted by atomic mass is 16.5. The van der Waals surface area contributed by atoms with Crippen LogP contribution >= 0.6 is 0 Å². The fraction of sp³-hybridized carbons (Fsp3) is 0.429. The van der Waals surface area contributed by atoms with Gasteiger partial charge in [-0.05, 0) is 39.1 Å². The van der Waals surface area contributed by atoms with Crippen LogP contribution in [-0.2, 0) is 6.42 Å². The maximum absolute atomic E-state index is 5.27. The maximum atomic E-state index is 5.27. The van der Waals surface area contributed by atoms with Gasteiger partial charge < -0.3 is 10.1 Å². The summed E-state index contributed by atoms with van der Waals surface area (Å²) in [6, 6.07) is 6.30. The Labute approximate surface area is 107 Å². The van der Waals surface area contributed by atoms with Crippen LogP contribution < -0.4 is 10.1 Å². The largest absolute Gasteiger partial charge is 0.497 e. The lowest BCUT2D eigenvalue weighted by atomic mass is 10.1. The number of nitrogens with one attached hydrogen (secondary N) is 1. The summed E-state index contributed by atoms with van der Waals surface area (Å²) in [6.45, 7) is 4.07. The van der Waals surface area contributed by atoms with Gasteiger partial charge in [0.15, 0.2) is 0 Å². The van der Waals surface area contributed by atoms with Crippen molar-refractivity contribution >= 4 is 10.9 Å². The maximum Gasteiger partial charge on any atom is 0.126 e. The summed E-state index contributed by atoms with van der Waals surface area (Å²) in [5, 5.41) is 4.31. The van der Waals surface area contributed by atoms with E-state index in [1.165, 1.54) is 0 Å². The third kappa shape index (κ3) is 2.59. The van der Waals surface area contributed by atoms with Gasteiger partial charge in [0.25, 0.3) is 0 Å². The van der Waals surface area contributed by atoms with Gasteiger partial charge >= 0.3 is 0 Å². The van der Waals surface area contributed by atoms with Crippen molar-refractivity contribution in [2.75, 3.05) is 14.2 Å². The number of hydrogen-bond donors (Lipinski definition) is 1. The topological polar surface area (TPSA) is 47.0 Å². The normalized spacial score (nSPS) is 12.7. The molecule has 0 bridgehead atoms. The monoisotopic (exact) mass is 245 g/mol. The van der Waals surface area contributed by atoms with E-state index in [2.05, 4.69) is 22.2 Å². The molecule has 0 aliphatic heterocycles. The van der Waals surface area contributed by atoms with Crippen LogP contribution in [0.1, 0.15) is 18.4 Å². The number of ether oxygens (including phenoxy) is 1. The van der Waals surface area contributed by atoms with E-state index >= 15 is 0 Å². The molecule has 1 aromatic carbocycles. The lowest BCUT2D eigenvalue weighted by Gasteiger charge is -2.12. The fourth-order valence-electron chi connectivity index (χ4n) is 1.97. The molecule has 0 spiro atoms. The summed E-state index contributed by atoms with van der Waals surface area (Å²) in [5.41, 5.74) is 2.04. The molecule has 4 heteroatoms. The van der Waals surface area contributed by atoms with Crippen molar-refractivity contribution in [3.63, 3.8) is 0 Å². The first-order chi connectivity index (χ1) is 8.63. The van der Waals surface area contributed by atoms with E-state index < -0.39 is 0 Å².